The number of aromatic nitrogens is 2. The van der Waals surface area contributed by atoms with E-state index in [9.17, 15) is 0 Å². The molecule has 1 fully saturated rings. The van der Waals surface area contributed by atoms with Gasteiger partial charge in [0, 0.05) is 19.0 Å². The zero-order valence-electron chi connectivity index (χ0n) is 10.1. The summed E-state index contributed by atoms with van der Waals surface area (Å²) in [5.74, 6) is 0.696. The molecule has 0 amide bonds. The highest BCUT2D eigenvalue weighted by Crippen LogP contribution is 2.17. The zero-order valence-corrected chi connectivity index (χ0v) is 10.1. The molecule has 1 aromatic rings. The van der Waals surface area contributed by atoms with Crippen molar-refractivity contribution in [1.29, 1.82) is 0 Å². The van der Waals surface area contributed by atoms with Gasteiger partial charge in [0.1, 0.15) is 0 Å². The first-order valence-electron chi connectivity index (χ1n) is 6.13. The van der Waals surface area contributed by atoms with Crippen LogP contribution in [0.2, 0.25) is 0 Å². The molecule has 0 radical (unpaired) electrons. The van der Waals surface area contributed by atoms with Crippen LogP contribution in [0.25, 0.3) is 0 Å². The SMILES string of the molecule is CCc1nnc(NCC2CCCN2CC)o1. The van der Waals surface area contributed by atoms with Gasteiger partial charge in [-0.15, -0.1) is 5.10 Å². The Kier molecular flexibility index (Phi) is 3.77. The molecule has 0 bridgehead atoms. The van der Waals surface area contributed by atoms with Gasteiger partial charge in [-0.2, -0.15) is 0 Å². The number of likely N-dealkylation sites (N-methyl/N-ethyl adjacent to an activating group) is 1. The molecule has 1 atom stereocenters. The topological polar surface area (TPSA) is 54.2 Å². The fourth-order valence-electron chi connectivity index (χ4n) is 2.22. The molecule has 16 heavy (non-hydrogen) atoms. The first-order chi connectivity index (χ1) is 7.83. The van der Waals surface area contributed by atoms with E-state index in [4.69, 9.17) is 4.42 Å². The van der Waals surface area contributed by atoms with Crippen LogP contribution in [-0.4, -0.2) is 40.8 Å². The molecule has 1 aliphatic rings. The van der Waals surface area contributed by atoms with Crippen molar-refractivity contribution in [2.24, 2.45) is 0 Å². The molecule has 1 saturated heterocycles. The van der Waals surface area contributed by atoms with Gasteiger partial charge in [-0.25, -0.2) is 0 Å². The van der Waals surface area contributed by atoms with Gasteiger partial charge in [0.05, 0.1) is 0 Å². The fourth-order valence-corrected chi connectivity index (χ4v) is 2.22. The van der Waals surface area contributed by atoms with E-state index in [0.29, 0.717) is 17.9 Å². The van der Waals surface area contributed by atoms with Crippen LogP contribution in [0.1, 0.15) is 32.6 Å². The van der Waals surface area contributed by atoms with Crippen LogP contribution >= 0.6 is 0 Å². The molecule has 1 aromatic heterocycles. The predicted molar refractivity (Wildman–Crippen MR) is 62.4 cm³/mol. The number of nitrogens with zero attached hydrogens (tertiary/aromatic N) is 3. The first-order valence-corrected chi connectivity index (χ1v) is 6.13. The van der Waals surface area contributed by atoms with E-state index in [1.165, 1.54) is 19.4 Å². The maximum atomic E-state index is 5.41. The van der Waals surface area contributed by atoms with E-state index in [0.717, 1.165) is 19.5 Å². The summed E-state index contributed by atoms with van der Waals surface area (Å²) < 4.78 is 5.41. The maximum absolute atomic E-state index is 5.41. The molecule has 0 saturated carbocycles. The minimum atomic E-state index is 0.555. The summed E-state index contributed by atoms with van der Waals surface area (Å²) in [6.07, 6.45) is 3.35. The number of rotatable bonds is 5. The van der Waals surface area contributed by atoms with Crippen LogP contribution in [-0.2, 0) is 6.42 Å². The average molecular weight is 224 g/mol. The van der Waals surface area contributed by atoms with Crippen LogP contribution in [0.4, 0.5) is 6.01 Å². The van der Waals surface area contributed by atoms with Crippen molar-refractivity contribution < 1.29 is 4.42 Å². The minimum Gasteiger partial charge on any atom is -0.408 e. The van der Waals surface area contributed by atoms with Gasteiger partial charge in [0.15, 0.2) is 0 Å². The molecule has 1 N–H and O–H groups in total. The van der Waals surface area contributed by atoms with Crippen molar-refractivity contribution in [2.45, 2.75) is 39.2 Å². The van der Waals surface area contributed by atoms with Crippen molar-refractivity contribution in [2.75, 3.05) is 25.0 Å². The minimum absolute atomic E-state index is 0.555. The van der Waals surface area contributed by atoms with E-state index in [-0.39, 0.29) is 0 Å². The van der Waals surface area contributed by atoms with Crippen LogP contribution < -0.4 is 5.32 Å². The van der Waals surface area contributed by atoms with Crippen LogP contribution in [0, 0.1) is 0 Å². The second kappa shape index (κ2) is 5.30. The van der Waals surface area contributed by atoms with Gasteiger partial charge in [0.2, 0.25) is 5.89 Å². The molecule has 5 nitrogen and oxygen atoms in total. The highest BCUT2D eigenvalue weighted by atomic mass is 16.4. The number of anilines is 1. The molecule has 0 aliphatic carbocycles. The zero-order chi connectivity index (χ0) is 11.4. The fraction of sp³-hybridized carbons (Fsp3) is 0.818. The Labute approximate surface area is 96.2 Å². The summed E-state index contributed by atoms with van der Waals surface area (Å²) in [6, 6.07) is 1.17. The third-order valence-corrected chi connectivity index (χ3v) is 3.16. The van der Waals surface area contributed by atoms with Gasteiger partial charge >= 0.3 is 6.01 Å². The number of nitrogens with one attached hydrogen (secondary N) is 1. The van der Waals surface area contributed by atoms with Gasteiger partial charge < -0.3 is 9.73 Å². The molecule has 90 valence electrons. The first kappa shape index (κ1) is 11.4. The normalized spacial score (nSPS) is 21.5. The lowest BCUT2D eigenvalue weighted by Gasteiger charge is -2.22. The number of hydrogen-bond acceptors (Lipinski definition) is 5. The summed E-state index contributed by atoms with van der Waals surface area (Å²) in [5.41, 5.74) is 0. The lowest BCUT2D eigenvalue weighted by atomic mass is 10.2. The third kappa shape index (κ3) is 2.52. The molecule has 0 aromatic carbocycles. The van der Waals surface area contributed by atoms with Crippen molar-refractivity contribution in [3.05, 3.63) is 5.89 Å². The van der Waals surface area contributed by atoms with Gasteiger partial charge in [-0.3, -0.25) is 4.90 Å². The number of likely N-dealkylation sites (tertiary alicyclic amines) is 1. The molecular weight excluding hydrogens is 204 g/mol. The van der Waals surface area contributed by atoms with Gasteiger partial charge in [-0.05, 0) is 25.9 Å². The van der Waals surface area contributed by atoms with E-state index in [1.54, 1.807) is 0 Å². The van der Waals surface area contributed by atoms with Gasteiger partial charge in [0.25, 0.3) is 0 Å². The standard InChI is InChI=1S/C11H20N4O/c1-3-10-13-14-11(16-10)12-8-9-6-5-7-15(9)4-2/h9H,3-8H2,1-2H3,(H,12,14). The molecule has 2 heterocycles. The summed E-state index contributed by atoms with van der Waals surface area (Å²) >= 11 is 0. The Morgan fingerprint density at radius 2 is 2.31 bits per heavy atom. The van der Waals surface area contributed by atoms with Crippen molar-refractivity contribution in [1.82, 2.24) is 15.1 Å². The van der Waals surface area contributed by atoms with Crippen molar-refractivity contribution >= 4 is 6.01 Å². The highest BCUT2D eigenvalue weighted by molar-refractivity contribution is 5.17. The van der Waals surface area contributed by atoms with E-state index >= 15 is 0 Å². The smallest absolute Gasteiger partial charge is 0.315 e. The maximum Gasteiger partial charge on any atom is 0.315 e. The number of hydrogen-bond donors (Lipinski definition) is 1. The number of aryl methyl sites for hydroxylation is 1. The highest BCUT2D eigenvalue weighted by Gasteiger charge is 2.22. The lowest BCUT2D eigenvalue weighted by Crippen LogP contribution is -2.34. The monoisotopic (exact) mass is 224 g/mol. The second-order valence-electron chi connectivity index (χ2n) is 4.16. The van der Waals surface area contributed by atoms with Crippen molar-refractivity contribution in [3.8, 4) is 0 Å². The summed E-state index contributed by atoms with van der Waals surface area (Å²) in [4.78, 5) is 2.49. The van der Waals surface area contributed by atoms with Gasteiger partial charge in [-0.1, -0.05) is 18.9 Å². The predicted octanol–water partition coefficient (Wildman–Crippen LogP) is 1.53. The Balaban J connectivity index is 1.82. The van der Waals surface area contributed by atoms with Crippen LogP contribution in [0.5, 0.6) is 0 Å². The van der Waals surface area contributed by atoms with Crippen molar-refractivity contribution in [3.63, 3.8) is 0 Å². The molecule has 2 rings (SSSR count). The third-order valence-electron chi connectivity index (χ3n) is 3.16. The van der Waals surface area contributed by atoms with Crippen LogP contribution in [0.15, 0.2) is 4.42 Å². The van der Waals surface area contributed by atoms with E-state index in [2.05, 4.69) is 27.3 Å². The lowest BCUT2D eigenvalue weighted by molar-refractivity contribution is 0.276. The summed E-state index contributed by atoms with van der Waals surface area (Å²) in [5, 5.41) is 11.1. The average Bonchev–Trinajstić information content (AvgIpc) is 2.94. The Hall–Kier alpha value is -1.10. The largest absolute Gasteiger partial charge is 0.408 e. The Morgan fingerprint density at radius 3 is 3.00 bits per heavy atom. The Bertz CT molecular complexity index is 326. The van der Waals surface area contributed by atoms with Crippen LogP contribution in [0.3, 0.4) is 0 Å². The molecular formula is C11H20N4O. The Morgan fingerprint density at radius 1 is 1.44 bits per heavy atom. The summed E-state index contributed by atoms with van der Waals surface area (Å²) in [7, 11) is 0. The quantitative estimate of drug-likeness (QED) is 0.822. The second-order valence-corrected chi connectivity index (χ2v) is 4.16. The molecule has 0 spiro atoms. The van der Waals surface area contributed by atoms with E-state index in [1.807, 2.05) is 6.92 Å². The summed E-state index contributed by atoms with van der Waals surface area (Å²) in [6.45, 7) is 7.45. The molecule has 5 heteroatoms. The molecule has 1 aliphatic heterocycles. The molecule has 1 unspecified atom stereocenters. The van der Waals surface area contributed by atoms with E-state index < -0.39 is 0 Å².